The van der Waals surface area contributed by atoms with Crippen LogP contribution in [0.15, 0.2) is 60.2 Å². The lowest BCUT2D eigenvalue weighted by atomic mass is 9.92. The van der Waals surface area contributed by atoms with Gasteiger partial charge in [0.1, 0.15) is 5.75 Å². The smallest absolute Gasteiger partial charge is 0.336 e. The minimum atomic E-state index is -0.450. The number of benzene rings is 2. The van der Waals surface area contributed by atoms with Gasteiger partial charge in [-0.1, -0.05) is 35.9 Å². The summed E-state index contributed by atoms with van der Waals surface area (Å²) in [6, 6.07) is 14.3. The first-order valence-electron chi connectivity index (χ1n) is 8.59. The molecule has 132 valence electrons. The van der Waals surface area contributed by atoms with Crippen LogP contribution in [0.2, 0.25) is 5.02 Å². The van der Waals surface area contributed by atoms with Gasteiger partial charge in [-0.05, 0) is 72.4 Å². The SMILES string of the molecule is O=C(/C=C/c1ccc(Cl)cc1)Oc1ccc(/C=C2/CCCCC2=O)cc1. The van der Waals surface area contributed by atoms with Crippen molar-refractivity contribution < 1.29 is 14.3 Å². The fourth-order valence-electron chi connectivity index (χ4n) is 2.78. The normalized spacial score (nSPS) is 16.2. The Bertz CT molecular complexity index is 846. The van der Waals surface area contributed by atoms with Crippen molar-refractivity contribution in [2.45, 2.75) is 25.7 Å². The molecule has 1 fully saturated rings. The van der Waals surface area contributed by atoms with Crippen molar-refractivity contribution in [2.75, 3.05) is 0 Å². The molecular weight excluding hydrogens is 348 g/mol. The van der Waals surface area contributed by atoms with Crippen LogP contribution in [0.4, 0.5) is 0 Å². The van der Waals surface area contributed by atoms with Gasteiger partial charge in [0.05, 0.1) is 0 Å². The van der Waals surface area contributed by atoms with Gasteiger partial charge in [0.25, 0.3) is 0 Å². The zero-order chi connectivity index (χ0) is 18.4. The number of halogens is 1. The zero-order valence-electron chi connectivity index (χ0n) is 14.3. The lowest BCUT2D eigenvalue weighted by Crippen LogP contribution is -2.08. The van der Waals surface area contributed by atoms with E-state index >= 15 is 0 Å². The molecule has 1 saturated carbocycles. The number of hydrogen-bond acceptors (Lipinski definition) is 3. The van der Waals surface area contributed by atoms with Crippen LogP contribution >= 0.6 is 11.6 Å². The number of esters is 1. The topological polar surface area (TPSA) is 43.4 Å². The number of carbonyl (C=O) groups is 2. The fraction of sp³-hybridized carbons (Fsp3) is 0.182. The third-order valence-corrected chi connectivity index (χ3v) is 4.43. The largest absolute Gasteiger partial charge is 0.423 e. The summed E-state index contributed by atoms with van der Waals surface area (Å²) in [7, 11) is 0. The van der Waals surface area contributed by atoms with Gasteiger partial charge in [-0.3, -0.25) is 4.79 Å². The Morgan fingerprint density at radius 2 is 1.58 bits per heavy atom. The molecule has 2 aromatic rings. The minimum absolute atomic E-state index is 0.235. The first-order valence-corrected chi connectivity index (χ1v) is 8.97. The van der Waals surface area contributed by atoms with Crippen LogP contribution in [0.3, 0.4) is 0 Å². The van der Waals surface area contributed by atoms with E-state index in [0.717, 1.165) is 36.0 Å². The summed E-state index contributed by atoms with van der Waals surface area (Å²) in [5, 5.41) is 0.648. The third-order valence-electron chi connectivity index (χ3n) is 4.18. The summed E-state index contributed by atoms with van der Waals surface area (Å²) < 4.78 is 5.29. The van der Waals surface area contributed by atoms with Gasteiger partial charge in [-0.2, -0.15) is 0 Å². The highest BCUT2D eigenvalue weighted by molar-refractivity contribution is 6.30. The first-order chi connectivity index (χ1) is 12.6. The van der Waals surface area contributed by atoms with Crippen molar-refractivity contribution >= 4 is 35.5 Å². The summed E-state index contributed by atoms with van der Waals surface area (Å²) in [4.78, 5) is 23.8. The monoisotopic (exact) mass is 366 g/mol. The highest BCUT2D eigenvalue weighted by atomic mass is 35.5. The number of allylic oxidation sites excluding steroid dienone is 1. The second-order valence-corrected chi connectivity index (χ2v) is 6.61. The summed E-state index contributed by atoms with van der Waals surface area (Å²) in [5.74, 6) is 0.250. The second-order valence-electron chi connectivity index (χ2n) is 6.17. The Morgan fingerprint density at radius 1 is 0.923 bits per heavy atom. The fourth-order valence-corrected chi connectivity index (χ4v) is 2.90. The Hall–Kier alpha value is -2.65. The van der Waals surface area contributed by atoms with Gasteiger partial charge in [0, 0.05) is 17.5 Å². The molecule has 0 N–H and O–H groups in total. The molecule has 0 aromatic heterocycles. The van der Waals surface area contributed by atoms with E-state index in [1.165, 1.54) is 6.08 Å². The average molecular weight is 367 g/mol. The summed E-state index contributed by atoms with van der Waals surface area (Å²) in [5.41, 5.74) is 2.68. The molecule has 26 heavy (non-hydrogen) atoms. The number of Topliss-reactive ketones (excluding diaryl/α,β-unsaturated/α-hetero) is 1. The van der Waals surface area contributed by atoms with Crippen LogP contribution < -0.4 is 4.74 Å². The number of carbonyl (C=O) groups excluding carboxylic acids is 2. The predicted octanol–water partition coefficient (Wildman–Crippen LogP) is 5.49. The minimum Gasteiger partial charge on any atom is -0.423 e. The van der Waals surface area contributed by atoms with E-state index in [9.17, 15) is 9.59 Å². The van der Waals surface area contributed by atoms with E-state index in [-0.39, 0.29) is 5.78 Å². The molecule has 3 nitrogen and oxygen atoms in total. The summed E-state index contributed by atoms with van der Waals surface area (Å²) in [6.07, 6.45) is 8.49. The van der Waals surface area contributed by atoms with Crippen LogP contribution in [0.25, 0.3) is 12.2 Å². The van der Waals surface area contributed by atoms with Crippen LogP contribution in [0, 0.1) is 0 Å². The molecule has 0 bridgehead atoms. The maximum Gasteiger partial charge on any atom is 0.336 e. The predicted molar refractivity (Wildman–Crippen MR) is 104 cm³/mol. The Balaban J connectivity index is 1.60. The lowest BCUT2D eigenvalue weighted by Gasteiger charge is -2.12. The lowest BCUT2D eigenvalue weighted by molar-refractivity contribution is -0.128. The summed E-state index contributed by atoms with van der Waals surface area (Å²) in [6.45, 7) is 0. The number of ether oxygens (including phenoxy) is 1. The van der Waals surface area contributed by atoms with E-state index in [1.54, 1.807) is 30.3 Å². The molecule has 3 rings (SSSR count). The Morgan fingerprint density at radius 3 is 2.27 bits per heavy atom. The van der Waals surface area contributed by atoms with E-state index in [4.69, 9.17) is 16.3 Å². The molecule has 0 spiro atoms. The zero-order valence-corrected chi connectivity index (χ0v) is 15.0. The Kier molecular flexibility index (Phi) is 6.03. The van der Waals surface area contributed by atoms with Crippen molar-refractivity contribution in [2.24, 2.45) is 0 Å². The number of ketones is 1. The first kappa shape index (κ1) is 18.2. The van der Waals surface area contributed by atoms with Gasteiger partial charge >= 0.3 is 5.97 Å². The molecule has 0 saturated heterocycles. The molecule has 0 amide bonds. The number of hydrogen-bond donors (Lipinski definition) is 0. The molecule has 0 unspecified atom stereocenters. The molecule has 0 radical (unpaired) electrons. The highest BCUT2D eigenvalue weighted by Gasteiger charge is 2.14. The quantitative estimate of drug-likeness (QED) is 0.408. The van der Waals surface area contributed by atoms with Crippen LogP contribution in [-0.4, -0.2) is 11.8 Å². The molecule has 1 aliphatic rings. The van der Waals surface area contributed by atoms with Gasteiger partial charge < -0.3 is 4.74 Å². The van der Waals surface area contributed by atoms with E-state index in [0.29, 0.717) is 17.2 Å². The maximum atomic E-state index is 11.9. The average Bonchev–Trinajstić information content (AvgIpc) is 2.65. The van der Waals surface area contributed by atoms with Gasteiger partial charge in [0.2, 0.25) is 0 Å². The highest BCUT2D eigenvalue weighted by Crippen LogP contribution is 2.23. The molecule has 0 atom stereocenters. The maximum absolute atomic E-state index is 11.9. The number of rotatable bonds is 4. The van der Waals surface area contributed by atoms with E-state index in [1.807, 2.05) is 30.3 Å². The van der Waals surface area contributed by atoms with Crippen molar-refractivity contribution in [1.82, 2.24) is 0 Å². The van der Waals surface area contributed by atoms with E-state index < -0.39 is 5.97 Å². The van der Waals surface area contributed by atoms with Gasteiger partial charge in [-0.25, -0.2) is 4.79 Å². The van der Waals surface area contributed by atoms with Crippen LogP contribution in [0.5, 0.6) is 5.75 Å². The van der Waals surface area contributed by atoms with Crippen molar-refractivity contribution in [3.63, 3.8) is 0 Å². The molecule has 0 aliphatic heterocycles. The second kappa shape index (κ2) is 8.63. The van der Waals surface area contributed by atoms with Crippen molar-refractivity contribution in [1.29, 1.82) is 0 Å². The molecular formula is C22H19ClO3. The van der Waals surface area contributed by atoms with E-state index in [2.05, 4.69) is 0 Å². The molecule has 1 aliphatic carbocycles. The van der Waals surface area contributed by atoms with Crippen LogP contribution in [0.1, 0.15) is 36.8 Å². The van der Waals surface area contributed by atoms with Gasteiger partial charge in [0.15, 0.2) is 5.78 Å². The van der Waals surface area contributed by atoms with Gasteiger partial charge in [-0.15, -0.1) is 0 Å². The molecule has 0 heterocycles. The molecule has 4 heteroatoms. The summed E-state index contributed by atoms with van der Waals surface area (Å²) >= 11 is 5.83. The van der Waals surface area contributed by atoms with Crippen molar-refractivity contribution in [3.8, 4) is 5.75 Å². The third kappa shape index (κ3) is 5.17. The Labute approximate surface area is 157 Å². The van der Waals surface area contributed by atoms with Crippen molar-refractivity contribution in [3.05, 3.63) is 76.3 Å². The molecule has 2 aromatic carbocycles. The standard InChI is InChI=1S/C22H19ClO3/c23-19-10-5-16(6-11-19)9-14-22(25)26-20-12-7-17(8-13-20)15-18-3-1-2-4-21(18)24/h5-15H,1-4H2/b14-9+,18-15-. The van der Waals surface area contributed by atoms with Crippen LogP contribution in [-0.2, 0) is 9.59 Å².